The van der Waals surface area contributed by atoms with Crippen molar-refractivity contribution in [2.45, 2.75) is 0 Å². The summed E-state index contributed by atoms with van der Waals surface area (Å²) in [5.74, 6) is -0.410. The van der Waals surface area contributed by atoms with Crippen LogP contribution >= 0.6 is 18.9 Å². The van der Waals surface area contributed by atoms with Crippen molar-refractivity contribution in [3.8, 4) is 10.4 Å². The zero-order valence-electron chi connectivity index (χ0n) is 12.9. The third-order valence-electron chi connectivity index (χ3n) is 3.57. The molecule has 5 N–H and O–H groups in total. The molecule has 2 aromatic carbocycles. The summed E-state index contributed by atoms with van der Waals surface area (Å²) in [6.45, 7) is 0. The normalized spacial score (nSPS) is 11.3. The molecule has 0 bridgehead atoms. The lowest BCUT2D eigenvalue weighted by Gasteiger charge is -2.11. The van der Waals surface area contributed by atoms with Crippen molar-refractivity contribution in [3.63, 3.8) is 0 Å². The molecule has 1 amide bonds. The molecule has 0 aliphatic heterocycles. The highest BCUT2D eigenvalue weighted by molar-refractivity contribution is 7.60. The van der Waals surface area contributed by atoms with Crippen molar-refractivity contribution >= 4 is 41.5 Å². The van der Waals surface area contributed by atoms with Gasteiger partial charge in [0, 0.05) is 10.4 Å². The second-order valence-electron chi connectivity index (χ2n) is 5.32. The van der Waals surface area contributed by atoms with E-state index in [9.17, 15) is 9.36 Å². The van der Waals surface area contributed by atoms with E-state index in [-0.39, 0.29) is 10.9 Å². The minimum absolute atomic E-state index is 0.136. The number of rotatable bonds is 4. The fourth-order valence-corrected chi connectivity index (χ4v) is 3.52. The molecule has 0 saturated heterocycles. The van der Waals surface area contributed by atoms with Gasteiger partial charge in [0.2, 0.25) is 0 Å². The molecule has 0 saturated carbocycles. The Labute approximate surface area is 148 Å². The lowest BCUT2D eigenvalue weighted by Crippen LogP contribution is -2.14. The van der Waals surface area contributed by atoms with Gasteiger partial charge in [0.1, 0.15) is 0 Å². The van der Waals surface area contributed by atoms with Gasteiger partial charge < -0.3 is 20.8 Å². The topological polar surface area (TPSA) is 113 Å². The SMILES string of the molecule is Nc1ccc(-c2cccs2)cc1NC(=O)c1ccc(P(=O)(O)O)cc1. The summed E-state index contributed by atoms with van der Waals surface area (Å²) in [7, 11) is -4.33. The number of benzene rings is 2. The zero-order chi connectivity index (χ0) is 18.0. The summed E-state index contributed by atoms with van der Waals surface area (Å²) in [5, 5.41) is 4.56. The highest BCUT2D eigenvalue weighted by atomic mass is 32.1. The zero-order valence-corrected chi connectivity index (χ0v) is 14.6. The standard InChI is InChI=1S/C17H15N2O4PS/c18-14-8-5-12(16-2-1-9-25-16)10-15(14)19-17(20)11-3-6-13(7-4-11)24(21,22)23/h1-10H,18H2,(H,19,20)(H2,21,22,23). The fraction of sp³-hybridized carbons (Fsp3) is 0. The van der Waals surface area contributed by atoms with Crippen LogP contribution in [0.15, 0.2) is 60.0 Å². The fourth-order valence-electron chi connectivity index (χ4n) is 2.26. The Kier molecular flexibility index (Phi) is 4.74. The van der Waals surface area contributed by atoms with E-state index < -0.39 is 13.5 Å². The van der Waals surface area contributed by atoms with Gasteiger partial charge in [0.25, 0.3) is 5.91 Å². The third kappa shape index (κ3) is 3.97. The highest BCUT2D eigenvalue weighted by Gasteiger charge is 2.17. The minimum atomic E-state index is -4.33. The number of thiophene rings is 1. The van der Waals surface area contributed by atoms with E-state index in [2.05, 4.69) is 5.32 Å². The number of carbonyl (C=O) groups is 1. The van der Waals surface area contributed by atoms with Gasteiger partial charge in [0.05, 0.1) is 16.7 Å². The van der Waals surface area contributed by atoms with Crippen LogP contribution in [0.3, 0.4) is 0 Å². The van der Waals surface area contributed by atoms with Crippen LogP contribution in [-0.2, 0) is 4.57 Å². The van der Waals surface area contributed by atoms with Gasteiger partial charge in [-0.25, -0.2) is 0 Å². The number of hydrogen-bond donors (Lipinski definition) is 4. The molecule has 0 unspecified atom stereocenters. The summed E-state index contributed by atoms with van der Waals surface area (Å²) in [6, 6.07) is 14.5. The molecule has 6 nitrogen and oxygen atoms in total. The van der Waals surface area contributed by atoms with Crippen LogP contribution in [0, 0.1) is 0 Å². The third-order valence-corrected chi connectivity index (χ3v) is 5.46. The summed E-state index contributed by atoms with van der Waals surface area (Å²) < 4.78 is 11.2. The van der Waals surface area contributed by atoms with E-state index in [1.807, 2.05) is 23.6 Å². The average molecular weight is 374 g/mol. The Bertz CT molecular complexity index is 949. The minimum Gasteiger partial charge on any atom is -0.397 e. The first-order valence-electron chi connectivity index (χ1n) is 7.25. The summed E-state index contributed by atoms with van der Waals surface area (Å²) in [6.07, 6.45) is 0. The van der Waals surface area contributed by atoms with Crippen LogP contribution in [0.25, 0.3) is 10.4 Å². The Morgan fingerprint density at radius 3 is 2.40 bits per heavy atom. The molecule has 0 radical (unpaired) electrons. The van der Waals surface area contributed by atoms with Crippen molar-refractivity contribution in [2.24, 2.45) is 0 Å². The van der Waals surface area contributed by atoms with E-state index in [4.69, 9.17) is 15.5 Å². The molecular formula is C17H15N2O4PS. The van der Waals surface area contributed by atoms with Gasteiger partial charge in [-0.1, -0.05) is 12.1 Å². The van der Waals surface area contributed by atoms with E-state index >= 15 is 0 Å². The van der Waals surface area contributed by atoms with Crippen LogP contribution < -0.4 is 16.4 Å². The molecule has 0 spiro atoms. The molecule has 0 aliphatic rings. The Hall–Kier alpha value is -2.44. The number of hydrogen-bond acceptors (Lipinski definition) is 4. The van der Waals surface area contributed by atoms with Crippen LogP contribution in [0.5, 0.6) is 0 Å². The van der Waals surface area contributed by atoms with Crippen LogP contribution in [-0.4, -0.2) is 15.7 Å². The largest absolute Gasteiger partial charge is 0.397 e. The van der Waals surface area contributed by atoms with Crippen molar-refractivity contribution in [1.82, 2.24) is 0 Å². The maximum absolute atomic E-state index is 12.4. The number of nitrogen functional groups attached to an aromatic ring is 1. The Balaban J connectivity index is 1.83. The molecule has 1 heterocycles. The second-order valence-corrected chi connectivity index (χ2v) is 7.88. The molecule has 128 valence electrons. The second kappa shape index (κ2) is 6.82. The first kappa shape index (κ1) is 17.4. The van der Waals surface area contributed by atoms with E-state index in [0.717, 1.165) is 10.4 Å². The van der Waals surface area contributed by atoms with Crippen molar-refractivity contribution in [3.05, 3.63) is 65.5 Å². The Morgan fingerprint density at radius 2 is 1.80 bits per heavy atom. The van der Waals surface area contributed by atoms with Gasteiger partial charge in [-0.3, -0.25) is 9.36 Å². The number of anilines is 2. The maximum Gasteiger partial charge on any atom is 0.356 e. The molecule has 1 aromatic heterocycles. The molecule has 8 heteroatoms. The van der Waals surface area contributed by atoms with Gasteiger partial charge in [-0.05, 0) is 53.4 Å². The van der Waals surface area contributed by atoms with Gasteiger partial charge in [-0.15, -0.1) is 11.3 Å². The molecule has 0 fully saturated rings. The van der Waals surface area contributed by atoms with Crippen molar-refractivity contribution in [1.29, 1.82) is 0 Å². The number of carbonyl (C=O) groups excluding carboxylic acids is 1. The predicted molar refractivity (Wildman–Crippen MR) is 100 cm³/mol. The summed E-state index contributed by atoms with van der Waals surface area (Å²) in [5.41, 5.74) is 8.07. The van der Waals surface area contributed by atoms with Crippen LogP contribution in [0.2, 0.25) is 0 Å². The smallest absolute Gasteiger partial charge is 0.356 e. The average Bonchev–Trinajstić information content (AvgIpc) is 3.10. The molecule has 3 aromatic rings. The van der Waals surface area contributed by atoms with Crippen molar-refractivity contribution in [2.75, 3.05) is 11.1 Å². The highest BCUT2D eigenvalue weighted by Crippen LogP contribution is 2.33. The number of nitrogens with two attached hydrogens (primary N) is 1. The molecule has 0 atom stereocenters. The molecule has 25 heavy (non-hydrogen) atoms. The van der Waals surface area contributed by atoms with E-state index in [1.165, 1.54) is 24.3 Å². The number of amides is 1. The summed E-state index contributed by atoms with van der Waals surface area (Å²) >= 11 is 1.58. The van der Waals surface area contributed by atoms with Gasteiger partial charge in [-0.2, -0.15) is 0 Å². The monoisotopic (exact) mass is 374 g/mol. The quantitative estimate of drug-likeness (QED) is 0.414. The van der Waals surface area contributed by atoms with E-state index in [1.54, 1.807) is 23.5 Å². The van der Waals surface area contributed by atoms with Gasteiger partial charge in [0.15, 0.2) is 0 Å². The lowest BCUT2D eigenvalue weighted by molar-refractivity contribution is 0.102. The maximum atomic E-state index is 12.4. The summed E-state index contributed by atoms with van der Waals surface area (Å²) in [4.78, 5) is 31.6. The number of nitrogens with one attached hydrogen (secondary N) is 1. The lowest BCUT2D eigenvalue weighted by atomic mass is 10.1. The van der Waals surface area contributed by atoms with E-state index in [0.29, 0.717) is 11.4 Å². The van der Waals surface area contributed by atoms with Gasteiger partial charge >= 0.3 is 7.60 Å². The predicted octanol–water partition coefficient (Wildman–Crippen LogP) is 3.05. The molecule has 3 rings (SSSR count). The van der Waals surface area contributed by atoms with Crippen LogP contribution in [0.1, 0.15) is 10.4 Å². The Morgan fingerprint density at radius 1 is 1.08 bits per heavy atom. The first-order chi connectivity index (χ1) is 11.8. The first-order valence-corrected chi connectivity index (χ1v) is 9.75. The van der Waals surface area contributed by atoms with Crippen molar-refractivity contribution < 1.29 is 19.1 Å². The molecule has 0 aliphatic carbocycles. The van der Waals surface area contributed by atoms with Crippen LogP contribution in [0.4, 0.5) is 11.4 Å². The molecular weight excluding hydrogens is 359 g/mol.